The van der Waals surface area contributed by atoms with Crippen LogP contribution < -0.4 is 5.43 Å². The summed E-state index contributed by atoms with van der Waals surface area (Å²) in [5.74, 6) is -1.25. The largest absolute Gasteiger partial charge is 0.477 e. The lowest BCUT2D eigenvalue weighted by Crippen LogP contribution is -2.23. The number of benzene rings is 3. The van der Waals surface area contributed by atoms with Crippen LogP contribution in [0.15, 0.2) is 82.5 Å². The molecular weight excluding hydrogens is 450 g/mol. The van der Waals surface area contributed by atoms with E-state index in [1.54, 1.807) is 54.6 Å². The van der Waals surface area contributed by atoms with Gasteiger partial charge in [-0.25, -0.2) is 13.2 Å². The minimum atomic E-state index is -3.37. The Hall–Kier alpha value is -3.42. The third-order valence-corrected chi connectivity index (χ3v) is 6.54. The van der Waals surface area contributed by atoms with E-state index in [-0.39, 0.29) is 22.6 Å². The van der Waals surface area contributed by atoms with E-state index in [9.17, 15) is 23.1 Å². The molecule has 0 unspecified atom stereocenters. The van der Waals surface area contributed by atoms with E-state index in [0.29, 0.717) is 27.2 Å². The summed E-state index contributed by atoms with van der Waals surface area (Å²) in [6, 6.07) is 19.7. The average Bonchev–Trinajstić information content (AvgIpc) is 2.75. The number of halogens is 1. The van der Waals surface area contributed by atoms with Crippen molar-refractivity contribution in [1.82, 2.24) is 4.57 Å². The zero-order valence-corrected chi connectivity index (χ0v) is 18.5. The highest BCUT2D eigenvalue weighted by atomic mass is 35.5. The number of para-hydroxylation sites is 1. The number of nitrogens with zero attached hydrogens (tertiary/aromatic N) is 1. The fraction of sp³-hybridized carbons (Fsp3) is 0.0833. The lowest BCUT2D eigenvalue weighted by atomic mass is 9.99. The van der Waals surface area contributed by atoms with Crippen molar-refractivity contribution in [2.45, 2.75) is 11.3 Å². The number of carboxylic acid groups (broad SMARTS) is 1. The van der Waals surface area contributed by atoms with Crippen LogP contribution in [0.1, 0.15) is 21.6 Å². The molecule has 0 aliphatic rings. The zero-order chi connectivity index (χ0) is 23.0. The molecule has 0 aliphatic carbocycles. The highest BCUT2D eigenvalue weighted by molar-refractivity contribution is 7.90. The van der Waals surface area contributed by atoms with Crippen LogP contribution >= 0.6 is 11.6 Å². The molecule has 32 heavy (non-hydrogen) atoms. The summed E-state index contributed by atoms with van der Waals surface area (Å²) < 4.78 is 25.0. The minimum absolute atomic E-state index is 0.0237. The van der Waals surface area contributed by atoms with Gasteiger partial charge in [-0.2, -0.15) is 0 Å². The molecule has 162 valence electrons. The van der Waals surface area contributed by atoms with E-state index in [0.717, 1.165) is 6.26 Å². The number of aromatic nitrogens is 1. The SMILES string of the molecule is CS(=O)(=O)c1ccc(Cc2c(C(=O)O)n(-c3ccccc3)c3cc(Cl)ccc3c2=O)cc1. The predicted octanol–water partition coefficient (Wildman–Crippen LogP) is 4.34. The summed E-state index contributed by atoms with van der Waals surface area (Å²) in [4.78, 5) is 25.9. The van der Waals surface area contributed by atoms with Gasteiger partial charge in [0.15, 0.2) is 15.3 Å². The van der Waals surface area contributed by atoms with Crippen molar-refractivity contribution in [3.05, 3.63) is 105 Å². The predicted molar refractivity (Wildman–Crippen MR) is 124 cm³/mol. The van der Waals surface area contributed by atoms with Crippen molar-refractivity contribution in [1.29, 1.82) is 0 Å². The maximum atomic E-state index is 13.4. The molecular formula is C24H18ClNO5S. The molecule has 1 N–H and O–H groups in total. The topological polar surface area (TPSA) is 93.4 Å². The van der Waals surface area contributed by atoms with Gasteiger partial charge >= 0.3 is 5.97 Å². The third kappa shape index (κ3) is 4.04. The summed E-state index contributed by atoms with van der Waals surface area (Å²) in [5, 5.41) is 10.8. The van der Waals surface area contributed by atoms with Crippen LogP contribution in [0.25, 0.3) is 16.6 Å². The van der Waals surface area contributed by atoms with Gasteiger partial charge in [0.1, 0.15) is 5.69 Å². The second-order valence-corrected chi connectivity index (χ2v) is 9.84. The first-order valence-corrected chi connectivity index (χ1v) is 11.9. The molecule has 0 saturated heterocycles. The van der Waals surface area contributed by atoms with Crippen LogP contribution in [0.4, 0.5) is 0 Å². The Kier molecular flexibility index (Phi) is 5.62. The Balaban J connectivity index is 2.02. The summed E-state index contributed by atoms with van der Waals surface area (Å²) in [7, 11) is -3.37. The molecule has 3 aromatic carbocycles. The molecule has 0 amide bonds. The minimum Gasteiger partial charge on any atom is -0.477 e. The molecule has 0 radical (unpaired) electrons. The average molecular weight is 468 g/mol. The molecule has 1 aromatic heterocycles. The van der Waals surface area contributed by atoms with Crippen LogP contribution in [-0.2, 0) is 16.3 Å². The van der Waals surface area contributed by atoms with E-state index in [2.05, 4.69) is 0 Å². The van der Waals surface area contributed by atoms with Gasteiger partial charge in [0.2, 0.25) is 0 Å². The lowest BCUT2D eigenvalue weighted by molar-refractivity contribution is 0.0686. The quantitative estimate of drug-likeness (QED) is 0.471. The van der Waals surface area contributed by atoms with Gasteiger partial charge in [-0.05, 0) is 48.0 Å². The van der Waals surface area contributed by atoms with E-state index in [4.69, 9.17) is 11.6 Å². The van der Waals surface area contributed by atoms with Gasteiger partial charge < -0.3 is 9.67 Å². The van der Waals surface area contributed by atoms with Gasteiger partial charge in [0.05, 0.1) is 10.4 Å². The van der Waals surface area contributed by atoms with E-state index >= 15 is 0 Å². The molecule has 1 heterocycles. The number of rotatable bonds is 5. The van der Waals surface area contributed by atoms with E-state index in [1.807, 2.05) is 6.07 Å². The van der Waals surface area contributed by atoms with E-state index < -0.39 is 21.2 Å². The smallest absolute Gasteiger partial charge is 0.353 e. The van der Waals surface area contributed by atoms with Gasteiger partial charge in [-0.3, -0.25) is 4.79 Å². The number of carbonyl (C=O) groups is 1. The summed E-state index contributed by atoms with van der Waals surface area (Å²) in [5.41, 5.74) is 1.11. The number of sulfone groups is 1. The first-order valence-electron chi connectivity index (χ1n) is 9.61. The summed E-state index contributed by atoms with van der Waals surface area (Å²) >= 11 is 6.17. The van der Waals surface area contributed by atoms with Gasteiger partial charge in [-0.1, -0.05) is 41.9 Å². The number of fused-ring (bicyclic) bond motifs is 1. The fourth-order valence-electron chi connectivity index (χ4n) is 3.70. The van der Waals surface area contributed by atoms with Crippen LogP contribution in [0.3, 0.4) is 0 Å². The maximum absolute atomic E-state index is 13.4. The number of hydrogen-bond donors (Lipinski definition) is 1. The van der Waals surface area contributed by atoms with Gasteiger partial charge in [0.25, 0.3) is 0 Å². The molecule has 0 fully saturated rings. The van der Waals surface area contributed by atoms with Gasteiger partial charge in [-0.15, -0.1) is 0 Å². The normalized spacial score (nSPS) is 11.6. The van der Waals surface area contributed by atoms with Gasteiger partial charge in [0, 0.05) is 34.3 Å². The molecule has 8 heteroatoms. The highest BCUT2D eigenvalue weighted by Gasteiger charge is 2.23. The molecule has 4 rings (SSSR count). The molecule has 0 spiro atoms. The molecule has 0 bridgehead atoms. The number of carboxylic acids is 1. The Morgan fingerprint density at radius 1 is 1.00 bits per heavy atom. The third-order valence-electron chi connectivity index (χ3n) is 5.18. The molecule has 4 aromatic rings. The van der Waals surface area contributed by atoms with Crippen molar-refractivity contribution >= 4 is 38.3 Å². The molecule has 0 atom stereocenters. The summed E-state index contributed by atoms with van der Waals surface area (Å²) in [6.07, 6.45) is 1.13. The van der Waals surface area contributed by atoms with E-state index in [1.165, 1.54) is 16.7 Å². The van der Waals surface area contributed by atoms with Crippen LogP contribution in [0.2, 0.25) is 5.02 Å². The first-order chi connectivity index (χ1) is 15.2. The Morgan fingerprint density at radius 3 is 2.25 bits per heavy atom. The highest BCUT2D eigenvalue weighted by Crippen LogP contribution is 2.26. The Labute approximate surface area is 189 Å². The van der Waals surface area contributed by atoms with Crippen LogP contribution in [0, 0.1) is 0 Å². The fourth-order valence-corrected chi connectivity index (χ4v) is 4.50. The lowest BCUT2D eigenvalue weighted by Gasteiger charge is -2.18. The second kappa shape index (κ2) is 8.26. The number of aromatic carboxylic acids is 1. The van der Waals surface area contributed by atoms with Crippen LogP contribution in [-0.4, -0.2) is 30.3 Å². The Morgan fingerprint density at radius 2 is 1.66 bits per heavy atom. The zero-order valence-electron chi connectivity index (χ0n) is 16.9. The van der Waals surface area contributed by atoms with Crippen molar-refractivity contribution in [3.8, 4) is 5.69 Å². The maximum Gasteiger partial charge on any atom is 0.353 e. The van der Waals surface area contributed by atoms with Crippen molar-refractivity contribution < 1.29 is 18.3 Å². The van der Waals surface area contributed by atoms with Crippen LogP contribution in [0.5, 0.6) is 0 Å². The standard InChI is InChI=1S/C24H18ClNO5S/c1-32(30,31)18-10-7-15(8-11-18)13-20-22(24(28)29)26(17-5-3-2-4-6-17)21-14-16(25)9-12-19(21)23(20)27/h2-12,14H,13H2,1H3,(H,28,29). The monoisotopic (exact) mass is 467 g/mol. The second-order valence-electron chi connectivity index (χ2n) is 7.39. The number of pyridine rings is 1. The molecule has 0 aliphatic heterocycles. The summed E-state index contributed by atoms with van der Waals surface area (Å²) in [6.45, 7) is 0. The Bertz CT molecular complexity index is 1510. The molecule has 0 saturated carbocycles. The molecule has 6 nitrogen and oxygen atoms in total. The van der Waals surface area contributed by atoms with Crippen molar-refractivity contribution in [3.63, 3.8) is 0 Å². The number of hydrogen-bond acceptors (Lipinski definition) is 4. The van der Waals surface area contributed by atoms with Crippen molar-refractivity contribution in [2.75, 3.05) is 6.26 Å². The van der Waals surface area contributed by atoms with Crippen molar-refractivity contribution in [2.24, 2.45) is 0 Å². The first kappa shape index (κ1) is 21.8.